The van der Waals surface area contributed by atoms with Gasteiger partial charge in [0, 0.05) is 10.2 Å². The molecule has 0 saturated carbocycles. The zero-order chi connectivity index (χ0) is 16.1. The SMILES string of the molecule is Cc1cc(NC(=O)COc2ccc(C#N)cc2Cl)ccc1Br. The molecule has 112 valence electrons. The molecule has 0 atom stereocenters. The summed E-state index contributed by atoms with van der Waals surface area (Å²) in [5, 5.41) is 11.8. The highest BCUT2D eigenvalue weighted by molar-refractivity contribution is 9.10. The van der Waals surface area contributed by atoms with E-state index in [0.29, 0.717) is 22.0 Å². The van der Waals surface area contributed by atoms with E-state index in [1.165, 1.54) is 6.07 Å². The third-order valence-electron chi connectivity index (χ3n) is 2.86. The topological polar surface area (TPSA) is 62.1 Å². The molecule has 6 heteroatoms. The summed E-state index contributed by atoms with van der Waals surface area (Å²) in [7, 11) is 0. The number of ether oxygens (including phenoxy) is 1. The minimum Gasteiger partial charge on any atom is -0.482 e. The first-order valence-electron chi connectivity index (χ1n) is 6.38. The molecule has 2 aromatic carbocycles. The predicted octanol–water partition coefficient (Wildman–Crippen LogP) is 4.30. The number of nitriles is 1. The highest BCUT2D eigenvalue weighted by Gasteiger charge is 2.08. The number of rotatable bonds is 4. The number of aryl methyl sites for hydroxylation is 1. The van der Waals surface area contributed by atoms with Crippen LogP contribution in [0.15, 0.2) is 40.9 Å². The van der Waals surface area contributed by atoms with Gasteiger partial charge in [0.1, 0.15) is 5.75 Å². The van der Waals surface area contributed by atoms with Gasteiger partial charge in [-0.3, -0.25) is 4.79 Å². The van der Waals surface area contributed by atoms with Crippen LogP contribution >= 0.6 is 27.5 Å². The van der Waals surface area contributed by atoms with Gasteiger partial charge in [-0.25, -0.2) is 0 Å². The fourth-order valence-electron chi connectivity index (χ4n) is 1.75. The van der Waals surface area contributed by atoms with Crippen molar-refractivity contribution in [2.24, 2.45) is 0 Å². The number of hydrogen-bond acceptors (Lipinski definition) is 3. The van der Waals surface area contributed by atoms with Gasteiger partial charge in [-0.05, 0) is 48.9 Å². The van der Waals surface area contributed by atoms with Gasteiger partial charge in [0.2, 0.25) is 0 Å². The Hall–Kier alpha value is -2.03. The molecule has 0 spiro atoms. The molecule has 4 nitrogen and oxygen atoms in total. The number of hydrogen-bond donors (Lipinski definition) is 1. The third-order valence-corrected chi connectivity index (χ3v) is 4.05. The molecule has 2 rings (SSSR count). The average molecular weight is 380 g/mol. The first kappa shape index (κ1) is 16.3. The van der Waals surface area contributed by atoms with E-state index in [0.717, 1.165) is 10.0 Å². The van der Waals surface area contributed by atoms with Crippen molar-refractivity contribution >= 4 is 39.1 Å². The fraction of sp³-hybridized carbons (Fsp3) is 0.125. The third kappa shape index (κ3) is 4.23. The lowest BCUT2D eigenvalue weighted by Gasteiger charge is -2.09. The van der Waals surface area contributed by atoms with Gasteiger partial charge in [0.15, 0.2) is 6.61 Å². The second-order valence-corrected chi connectivity index (χ2v) is 5.82. The first-order valence-corrected chi connectivity index (χ1v) is 7.55. The molecule has 0 radical (unpaired) electrons. The number of nitrogens with one attached hydrogen (secondary N) is 1. The molecule has 2 aromatic rings. The van der Waals surface area contributed by atoms with E-state index in [1.54, 1.807) is 18.2 Å². The van der Waals surface area contributed by atoms with Crippen LogP contribution in [0.25, 0.3) is 0 Å². The highest BCUT2D eigenvalue weighted by atomic mass is 79.9. The van der Waals surface area contributed by atoms with Crippen LogP contribution in [-0.2, 0) is 4.79 Å². The molecule has 0 saturated heterocycles. The molecule has 0 unspecified atom stereocenters. The van der Waals surface area contributed by atoms with Crippen LogP contribution in [-0.4, -0.2) is 12.5 Å². The van der Waals surface area contributed by atoms with Crippen molar-refractivity contribution in [2.45, 2.75) is 6.92 Å². The van der Waals surface area contributed by atoms with Crippen LogP contribution in [0, 0.1) is 18.3 Å². The maximum absolute atomic E-state index is 11.9. The van der Waals surface area contributed by atoms with E-state index in [9.17, 15) is 4.79 Å². The van der Waals surface area contributed by atoms with Crippen molar-refractivity contribution in [2.75, 3.05) is 11.9 Å². The number of carbonyl (C=O) groups excluding carboxylic acids is 1. The van der Waals surface area contributed by atoms with E-state index in [2.05, 4.69) is 21.2 Å². The minimum absolute atomic E-state index is 0.166. The van der Waals surface area contributed by atoms with Crippen LogP contribution < -0.4 is 10.1 Å². The van der Waals surface area contributed by atoms with Crippen molar-refractivity contribution in [1.82, 2.24) is 0 Å². The lowest BCUT2D eigenvalue weighted by Crippen LogP contribution is -2.20. The maximum Gasteiger partial charge on any atom is 0.262 e. The second kappa shape index (κ2) is 7.30. The Morgan fingerprint density at radius 3 is 2.77 bits per heavy atom. The smallest absolute Gasteiger partial charge is 0.262 e. The van der Waals surface area contributed by atoms with Crippen molar-refractivity contribution in [3.8, 4) is 11.8 Å². The monoisotopic (exact) mass is 378 g/mol. The summed E-state index contributed by atoms with van der Waals surface area (Å²) < 4.78 is 6.34. The summed E-state index contributed by atoms with van der Waals surface area (Å²) in [6, 6.07) is 12.1. The van der Waals surface area contributed by atoms with Crippen molar-refractivity contribution in [1.29, 1.82) is 5.26 Å². The van der Waals surface area contributed by atoms with E-state index >= 15 is 0 Å². The molecule has 0 bridgehead atoms. The molecule has 0 fully saturated rings. The van der Waals surface area contributed by atoms with Crippen molar-refractivity contribution in [3.63, 3.8) is 0 Å². The molecule has 22 heavy (non-hydrogen) atoms. The molecular formula is C16H12BrClN2O2. The Bertz CT molecular complexity index is 756. The Morgan fingerprint density at radius 1 is 1.36 bits per heavy atom. The fourth-order valence-corrected chi connectivity index (χ4v) is 2.23. The predicted molar refractivity (Wildman–Crippen MR) is 89.2 cm³/mol. The molecule has 0 aliphatic rings. The van der Waals surface area contributed by atoms with E-state index in [-0.39, 0.29) is 12.5 Å². The van der Waals surface area contributed by atoms with Crippen molar-refractivity contribution < 1.29 is 9.53 Å². The number of nitrogens with zero attached hydrogens (tertiary/aromatic N) is 1. The summed E-state index contributed by atoms with van der Waals surface area (Å²) in [5.41, 5.74) is 2.15. The Kier molecular flexibility index (Phi) is 5.42. The number of amides is 1. The van der Waals surface area contributed by atoms with Gasteiger partial charge >= 0.3 is 0 Å². The Balaban J connectivity index is 1.95. The average Bonchev–Trinajstić information content (AvgIpc) is 2.49. The molecule has 1 N–H and O–H groups in total. The van der Waals surface area contributed by atoms with Crippen LogP contribution in [0.4, 0.5) is 5.69 Å². The van der Waals surface area contributed by atoms with Crippen LogP contribution in [0.5, 0.6) is 5.75 Å². The molecule has 0 heterocycles. The Morgan fingerprint density at radius 2 is 2.14 bits per heavy atom. The number of carbonyl (C=O) groups is 1. The molecule has 0 aliphatic heterocycles. The zero-order valence-electron chi connectivity index (χ0n) is 11.7. The number of benzene rings is 2. The summed E-state index contributed by atoms with van der Waals surface area (Å²) >= 11 is 9.38. The first-order chi connectivity index (χ1) is 10.5. The van der Waals surface area contributed by atoms with Gasteiger partial charge in [0.05, 0.1) is 16.7 Å². The lowest BCUT2D eigenvalue weighted by atomic mass is 10.2. The lowest BCUT2D eigenvalue weighted by molar-refractivity contribution is -0.118. The maximum atomic E-state index is 11.9. The summed E-state index contributed by atoms with van der Waals surface area (Å²) in [5.74, 6) is 0.0740. The van der Waals surface area contributed by atoms with Crippen LogP contribution in [0.1, 0.15) is 11.1 Å². The second-order valence-electron chi connectivity index (χ2n) is 4.56. The van der Waals surface area contributed by atoms with Gasteiger partial charge in [-0.2, -0.15) is 5.26 Å². The van der Waals surface area contributed by atoms with E-state index in [4.69, 9.17) is 21.6 Å². The molecular weight excluding hydrogens is 368 g/mol. The van der Waals surface area contributed by atoms with E-state index in [1.807, 2.05) is 25.1 Å². The van der Waals surface area contributed by atoms with Crippen molar-refractivity contribution in [3.05, 3.63) is 57.0 Å². The molecule has 0 aromatic heterocycles. The molecule has 1 amide bonds. The van der Waals surface area contributed by atoms with E-state index < -0.39 is 0 Å². The molecule has 0 aliphatic carbocycles. The van der Waals surface area contributed by atoms with Gasteiger partial charge in [0.25, 0.3) is 5.91 Å². The summed E-state index contributed by atoms with van der Waals surface area (Å²) in [6.45, 7) is 1.77. The van der Waals surface area contributed by atoms with Gasteiger partial charge < -0.3 is 10.1 Å². The van der Waals surface area contributed by atoms with Gasteiger partial charge in [-0.15, -0.1) is 0 Å². The summed E-state index contributed by atoms with van der Waals surface area (Å²) in [6.07, 6.45) is 0. The largest absolute Gasteiger partial charge is 0.482 e. The normalized spacial score (nSPS) is 9.91. The number of anilines is 1. The number of halogens is 2. The zero-order valence-corrected chi connectivity index (χ0v) is 14.0. The summed E-state index contributed by atoms with van der Waals surface area (Å²) in [4.78, 5) is 11.9. The van der Waals surface area contributed by atoms with Crippen LogP contribution in [0.2, 0.25) is 5.02 Å². The van der Waals surface area contributed by atoms with Crippen LogP contribution in [0.3, 0.4) is 0 Å². The standard InChI is InChI=1S/C16H12BrClN2O2/c1-10-6-12(3-4-13(10)17)20-16(21)9-22-15-5-2-11(8-19)7-14(15)18/h2-7H,9H2,1H3,(H,20,21). The Labute approximate surface area is 141 Å². The van der Waals surface area contributed by atoms with Gasteiger partial charge in [-0.1, -0.05) is 27.5 Å². The highest BCUT2D eigenvalue weighted by Crippen LogP contribution is 2.25. The quantitative estimate of drug-likeness (QED) is 0.861. The minimum atomic E-state index is -0.290.